The molecule has 2 aromatic rings. The lowest BCUT2D eigenvalue weighted by Crippen LogP contribution is -2.22. The van der Waals surface area contributed by atoms with Gasteiger partial charge in [-0.05, 0) is 55.0 Å². The molecule has 122 valence electrons. The molecule has 0 heterocycles. The summed E-state index contributed by atoms with van der Waals surface area (Å²) in [5.74, 6) is -0.583. The predicted octanol–water partition coefficient (Wildman–Crippen LogP) is 2.92. The van der Waals surface area contributed by atoms with Gasteiger partial charge in [0.2, 0.25) is 5.91 Å². The van der Waals surface area contributed by atoms with Crippen molar-refractivity contribution in [2.45, 2.75) is 18.7 Å². The van der Waals surface area contributed by atoms with Gasteiger partial charge >= 0.3 is 0 Å². The minimum atomic E-state index is -3.80. The highest BCUT2D eigenvalue weighted by atomic mass is 32.2. The quantitative estimate of drug-likeness (QED) is 0.933. The highest BCUT2D eigenvalue weighted by Crippen LogP contribution is 2.21. The number of rotatable bonds is 4. The van der Waals surface area contributed by atoms with Gasteiger partial charge in [-0.25, -0.2) is 12.8 Å². The van der Waals surface area contributed by atoms with Gasteiger partial charge in [-0.3, -0.25) is 9.52 Å². The third kappa shape index (κ3) is 3.87. The van der Waals surface area contributed by atoms with Crippen LogP contribution in [0.4, 0.5) is 15.8 Å². The van der Waals surface area contributed by atoms with Crippen molar-refractivity contribution in [1.29, 1.82) is 0 Å². The van der Waals surface area contributed by atoms with Crippen LogP contribution in [0, 0.1) is 12.7 Å². The summed E-state index contributed by atoms with van der Waals surface area (Å²) in [6.45, 7) is 2.94. The van der Waals surface area contributed by atoms with Crippen molar-refractivity contribution in [1.82, 2.24) is 0 Å². The number of hydrogen-bond donors (Lipinski definition) is 1. The fourth-order valence-corrected chi connectivity index (χ4v) is 3.08. The van der Waals surface area contributed by atoms with E-state index in [2.05, 4.69) is 4.72 Å². The second-order valence-corrected chi connectivity index (χ2v) is 6.82. The molecule has 0 atom stereocenters. The molecule has 0 radical (unpaired) electrons. The number of hydrogen-bond acceptors (Lipinski definition) is 3. The molecule has 23 heavy (non-hydrogen) atoms. The molecule has 0 saturated carbocycles. The Hall–Kier alpha value is -2.41. The van der Waals surface area contributed by atoms with Gasteiger partial charge in [-0.1, -0.05) is 0 Å². The average molecular weight is 336 g/mol. The van der Waals surface area contributed by atoms with Crippen LogP contribution in [-0.4, -0.2) is 21.4 Å². The third-order valence-electron chi connectivity index (χ3n) is 3.42. The fraction of sp³-hybridized carbons (Fsp3) is 0.188. The Morgan fingerprint density at radius 2 is 1.74 bits per heavy atom. The number of halogens is 1. The first-order valence-electron chi connectivity index (χ1n) is 6.84. The van der Waals surface area contributed by atoms with Crippen LogP contribution in [0.2, 0.25) is 0 Å². The number of benzene rings is 2. The molecule has 0 bridgehead atoms. The molecule has 2 aromatic carbocycles. The molecule has 1 amide bonds. The SMILES string of the molecule is CC(=O)N(C)c1ccc(NS(=O)(=O)c2ccc(F)c(C)c2)cc1. The molecule has 1 N–H and O–H groups in total. The first-order chi connectivity index (χ1) is 10.7. The van der Waals surface area contributed by atoms with Crippen LogP contribution in [0.1, 0.15) is 12.5 Å². The molecule has 0 aromatic heterocycles. The zero-order valence-corrected chi connectivity index (χ0v) is 13.8. The van der Waals surface area contributed by atoms with Gasteiger partial charge in [0.1, 0.15) is 5.82 Å². The maximum absolute atomic E-state index is 13.3. The zero-order valence-electron chi connectivity index (χ0n) is 13.0. The van der Waals surface area contributed by atoms with Crippen molar-refractivity contribution < 1.29 is 17.6 Å². The second kappa shape index (κ2) is 6.37. The van der Waals surface area contributed by atoms with Gasteiger partial charge in [-0.15, -0.1) is 0 Å². The van der Waals surface area contributed by atoms with Crippen molar-refractivity contribution in [3.05, 3.63) is 53.8 Å². The Balaban J connectivity index is 2.23. The summed E-state index contributed by atoms with van der Waals surface area (Å²) in [6, 6.07) is 9.99. The van der Waals surface area contributed by atoms with Crippen LogP contribution >= 0.6 is 0 Å². The maximum atomic E-state index is 13.3. The van der Waals surface area contributed by atoms with Crippen LogP contribution in [-0.2, 0) is 14.8 Å². The maximum Gasteiger partial charge on any atom is 0.261 e. The average Bonchev–Trinajstić information content (AvgIpc) is 2.49. The first kappa shape index (κ1) is 17.0. The second-order valence-electron chi connectivity index (χ2n) is 5.14. The van der Waals surface area contributed by atoms with Crippen molar-refractivity contribution in [3.63, 3.8) is 0 Å². The van der Waals surface area contributed by atoms with Crippen molar-refractivity contribution in [2.75, 3.05) is 16.7 Å². The molecule has 2 rings (SSSR count). The van der Waals surface area contributed by atoms with Crippen LogP contribution in [0.15, 0.2) is 47.4 Å². The Bertz CT molecular complexity index is 833. The van der Waals surface area contributed by atoms with Gasteiger partial charge in [0, 0.05) is 25.3 Å². The summed E-state index contributed by atoms with van der Waals surface area (Å²) in [5.41, 5.74) is 1.26. The predicted molar refractivity (Wildman–Crippen MR) is 87.5 cm³/mol. The molecule has 0 spiro atoms. The minimum Gasteiger partial charge on any atom is -0.316 e. The number of carbonyl (C=O) groups excluding carboxylic acids is 1. The summed E-state index contributed by atoms with van der Waals surface area (Å²) in [5, 5.41) is 0. The topological polar surface area (TPSA) is 66.5 Å². The van der Waals surface area contributed by atoms with Gasteiger partial charge in [0.05, 0.1) is 4.90 Å². The van der Waals surface area contributed by atoms with E-state index >= 15 is 0 Å². The molecule has 5 nitrogen and oxygen atoms in total. The molecule has 0 saturated heterocycles. The summed E-state index contributed by atoms with van der Waals surface area (Å²) in [6.07, 6.45) is 0. The van der Waals surface area contributed by atoms with E-state index in [1.807, 2.05) is 0 Å². The molecule has 0 fully saturated rings. The van der Waals surface area contributed by atoms with E-state index < -0.39 is 15.8 Å². The standard InChI is InChI=1S/C16H17FN2O3S/c1-11-10-15(8-9-16(11)17)23(21,22)18-13-4-6-14(7-5-13)19(3)12(2)20/h4-10,18H,1-3H3. The number of carbonyl (C=O) groups is 1. The van der Waals surface area contributed by atoms with Crippen molar-refractivity contribution in [3.8, 4) is 0 Å². The van der Waals surface area contributed by atoms with Gasteiger partial charge in [0.25, 0.3) is 10.0 Å². The molecule has 0 aliphatic heterocycles. The van der Waals surface area contributed by atoms with Crippen LogP contribution in [0.3, 0.4) is 0 Å². The van der Waals surface area contributed by atoms with Crippen LogP contribution < -0.4 is 9.62 Å². The lowest BCUT2D eigenvalue weighted by molar-refractivity contribution is -0.116. The summed E-state index contributed by atoms with van der Waals surface area (Å²) >= 11 is 0. The van der Waals surface area contributed by atoms with Crippen molar-refractivity contribution in [2.24, 2.45) is 0 Å². The number of amides is 1. The third-order valence-corrected chi connectivity index (χ3v) is 4.80. The first-order valence-corrected chi connectivity index (χ1v) is 8.32. The summed E-state index contributed by atoms with van der Waals surface area (Å²) in [4.78, 5) is 12.7. The highest BCUT2D eigenvalue weighted by molar-refractivity contribution is 7.92. The minimum absolute atomic E-state index is 0.0127. The Labute approximate surface area is 134 Å². The molecular formula is C16H17FN2O3S. The van der Waals surface area contributed by atoms with E-state index in [9.17, 15) is 17.6 Å². The fourth-order valence-electron chi connectivity index (χ4n) is 1.93. The molecule has 0 unspecified atom stereocenters. The lowest BCUT2D eigenvalue weighted by Gasteiger charge is -2.15. The summed E-state index contributed by atoms with van der Waals surface area (Å²) in [7, 11) is -2.17. The number of anilines is 2. The number of aryl methyl sites for hydroxylation is 1. The van der Waals surface area contributed by atoms with E-state index in [-0.39, 0.29) is 16.4 Å². The van der Waals surface area contributed by atoms with Gasteiger partial charge in [-0.2, -0.15) is 0 Å². The number of sulfonamides is 1. The summed E-state index contributed by atoms with van der Waals surface area (Å²) < 4.78 is 40.3. The normalized spacial score (nSPS) is 11.1. The zero-order chi connectivity index (χ0) is 17.2. The lowest BCUT2D eigenvalue weighted by atomic mass is 10.2. The van der Waals surface area contributed by atoms with E-state index in [0.29, 0.717) is 11.4 Å². The monoisotopic (exact) mass is 336 g/mol. The number of nitrogens with zero attached hydrogens (tertiary/aromatic N) is 1. The van der Waals surface area contributed by atoms with E-state index in [4.69, 9.17) is 0 Å². The van der Waals surface area contributed by atoms with E-state index in [1.54, 1.807) is 31.3 Å². The van der Waals surface area contributed by atoms with Crippen molar-refractivity contribution >= 4 is 27.3 Å². The Morgan fingerprint density at radius 1 is 1.13 bits per heavy atom. The van der Waals surface area contributed by atoms with Crippen LogP contribution in [0.25, 0.3) is 0 Å². The van der Waals surface area contributed by atoms with Gasteiger partial charge < -0.3 is 4.90 Å². The Kier molecular flexibility index (Phi) is 4.70. The van der Waals surface area contributed by atoms with Gasteiger partial charge in [0.15, 0.2) is 0 Å². The molecule has 7 heteroatoms. The number of nitrogens with one attached hydrogen (secondary N) is 1. The highest BCUT2D eigenvalue weighted by Gasteiger charge is 2.15. The molecular weight excluding hydrogens is 319 g/mol. The smallest absolute Gasteiger partial charge is 0.261 e. The van der Waals surface area contributed by atoms with Crippen LogP contribution in [0.5, 0.6) is 0 Å². The van der Waals surface area contributed by atoms with E-state index in [1.165, 1.54) is 30.9 Å². The largest absolute Gasteiger partial charge is 0.316 e. The molecule has 0 aliphatic carbocycles. The van der Waals surface area contributed by atoms with E-state index in [0.717, 1.165) is 6.07 Å². The Morgan fingerprint density at radius 3 is 2.26 bits per heavy atom. The molecule has 0 aliphatic rings.